The van der Waals surface area contributed by atoms with Gasteiger partial charge >= 0.3 is 5.97 Å². The predicted octanol–water partition coefficient (Wildman–Crippen LogP) is 4.66. The summed E-state index contributed by atoms with van der Waals surface area (Å²) in [4.78, 5) is 11.9. The van der Waals surface area contributed by atoms with E-state index in [9.17, 15) is 9.90 Å². The molecule has 0 amide bonds. The lowest BCUT2D eigenvalue weighted by Crippen LogP contribution is -2.28. The van der Waals surface area contributed by atoms with Crippen molar-refractivity contribution in [3.05, 3.63) is 58.4 Å². The maximum atomic E-state index is 11.9. The van der Waals surface area contributed by atoms with Crippen molar-refractivity contribution in [1.82, 2.24) is 9.88 Å². The lowest BCUT2D eigenvalue weighted by molar-refractivity contribution is 0.0694. The van der Waals surface area contributed by atoms with Crippen molar-refractivity contribution in [3.63, 3.8) is 0 Å². The summed E-state index contributed by atoms with van der Waals surface area (Å²) in [6, 6.07) is 10.7. The summed E-state index contributed by atoms with van der Waals surface area (Å²) in [6.45, 7) is 5.32. The number of carboxylic acid groups (broad SMARTS) is 1. The summed E-state index contributed by atoms with van der Waals surface area (Å²) in [5.74, 6) is -0.824. The molecule has 1 aromatic heterocycles. The quantitative estimate of drug-likeness (QED) is 0.742. The molecule has 4 nitrogen and oxygen atoms in total. The van der Waals surface area contributed by atoms with Crippen LogP contribution >= 0.6 is 0 Å². The largest absolute Gasteiger partial charge is 0.478 e. The lowest BCUT2D eigenvalue weighted by Gasteiger charge is -2.17. The van der Waals surface area contributed by atoms with Crippen LogP contribution in [0.4, 0.5) is 0 Å². The fourth-order valence-electron chi connectivity index (χ4n) is 4.18. The van der Waals surface area contributed by atoms with Crippen LogP contribution < -0.4 is 5.32 Å². The van der Waals surface area contributed by atoms with E-state index in [1.54, 1.807) is 0 Å². The molecule has 2 N–H and O–H groups in total. The van der Waals surface area contributed by atoms with Gasteiger partial charge in [0.15, 0.2) is 0 Å². The molecule has 0 radical (unpaired) electrons. The van der Waals surface area contributed by atoms with Crippen molar-refractivity contribution < 1.29 is 9.90 Å². The van der Waals surface area contributed by atoms with Gasteiger partial charge in [-0.15, -0.1) is 0 Å². The van der Waals surface area contributed by atoms with Gasteiger partial charge in [-0.2, -0.15) is 0 Å². The van der Waals surface area contributed by atoms with Gasteiger partial charge < -0.3 is 15.0 Å². The number of hydrogen-bond donors (Lipinski definition) is 2. The molecule has 0 saturated heterocycles. The van der Waals surface area contributed by atoms with Crippen molar-refractivity contribution >= 4 is 5.97 Å². The third kappa shape index (κ3) is 4.18. The van der Waals surface area contributed by atoms with Crippen LogP contribution in [0.2, 0.25) is 0 Å². The van der Waals surface area contributed by atoms with Crippen molar-refractivity contribution in [2.24, 2.45) is 0 Å². The van der Waals surface area contributed by atoms with Crippen LogP contribution in [0.25, 0.3) is 0 Å². The maximum absolute atomic E-state index is 11.9. The average molecular weight is 354 g/mol. The number of rotatable bonds is 6. The topological polar surface area (TPSA) is 54.3 Å². The highest BCUT2D eigenvalue weighted by Gasteiger charge is 2.23. The molecule has 0 aliphatic heterocycles. The first-order valence-corrected chi connectivity index (χ1v) is 9.77. The Labute approximate surface area is 156 Å². The number of carbonyl (C=O) groups is 1. The fraction of sp³-hybridized carbons (Fsp3) is 0.500. The Balaban J connectivity index is 1.83. The van der Waals surface area contributed by atoms with Crippen molar-refractivity contribution in [2.45, 2.75) is 71.5 Å². The molecule has 26 heavy (non-hydrogen) atoms. The van der Waals surface area contributed by atoms with E-state index in [2.05, 4.69) is 22.0 Å². The molecule has 1 heterocycles. The number of hydrogen-bond acceptors (Lipinski definition) is 2. The number of nitrogens with one attached hydrogen (secondary N) is 1. The Morgan fingerprint density at radius 3 is 2.35 bits per heavy atom. The molecule has 4 heteroatoms. The lowest BCUT2D eigenvalue weighted by atomic mass is 10.1. The van der Waals surface area contributed by atoms with E-state index in [0.717, 1.165) is 17.0 Å². The Hall–Kier alpha value is -2.07. The molecule has 2 aromatic rings. The molecule has 140 valence electrons. The van der Waals surface area contributed by atoms with Crippen LogP contribution in [0.3, 0.4) is 0 Å². The standard InChI is InChI=1S/C22H30N2O2/c1-16-20(14-23-19-12-8-3-4-9-13-19)21(22(25)26)17(2)24(16)15-18-10-6-5-7-11-18/h5-7,10-11,19,23H,3-4,8-9,12-15H2,1-2H3,(H,25,26). The van der Waals surface area contributed by atoms with E-state index in [0.29, 0.717) is 24.7 Å². The molecular weight excluding hydrogens is 324 g/mol. The monoisotopic (exact) mass is 354 g/mol. The van der Waals surface area contributed by atoms with Gasteiger partial charge in [-0.1, -0.05) is 56.0 Å². The molecule has 3 rings (SSSR count). The molecule has 0 spiro atoms. The molecule has 1 fully saturated rings. The Morgan fingerprint density at radius 1 is 1.08 bits per heavy atom. The van der Waals surface area contributed by atoms with E-state index >= 15 is 0 Å². The van der Waals surface area contributed by atoms with Gasteiger partial charge in [0.05, 0.1) is 5.56 Å². The second kappa shape index (κ2) is 8.54. The highest BCUT2D eigenvalue weighted by atomic mass is 16.4. The molecule has 0 atom stereocenters. The first-order valence-electron chi connectivity index (χ1n) is 9.77. The third-order valence-corrected chi connectivity index (χ3v) is 5.73. The van der Waals surface area contributed by atoms with Gasteiger partial charge in [0.2, 0.25) is 0 Å². The molecule has 1 aliphatic carbocycles. The van der Waals surface area contributed by atoms with E-state index in [-0.39, 0.29) is 0 Å². The van der Waals surface area contributed by atoms with Crippen molar-refractivity contribution in [3.8, 4) is 0 Å². The van der Waals surface area contributed by atoms with Crippen LogP contribution in [0, 0.1) is 13.8 Å². The summed E-state index contributed by atoms with van der Waals surface area (Å²) in [6.07, 6.45) is 7.59. The van der Waals surface area contributed by atoms with Crippen molar-refractivity contribution in [1.29, 1.82) is 0 Å². The summed E-state index contributed by atoms with van der Waals surface area (Å²) in [7, 11) is 0. The molecule has 0 bridgehead atoms. The van der Waals surface area contributed by atoms with Gasteiger partial charge in [0.25, 0.3) is 0 Å². The maximum Gasteiger partial charge on any atom is 0.337 e. The van der Waals surface area contributed by atoms with Gasteiger partial charge in [0, 0.05) is 36.1 Å². The van der Waals surface area contributed by atoms with Crippen LogP contribution in [-0.2, 0) is 13.1 Å². The predicted molar refractivity (Wildman–Crippen MR) is 105 cm³/mol. The van der Waals surface area contributed by atoms with Gasteiger partial charge in [-0.05, 0) is 32.3 Å². The summed E-state index contributed by atoms with van der Waals surface area (Å²) in [5.41, 5.74) is 4.50. The normalized spacial score (nSPS) is 15.8. The number of aromatic carboxylic acids is 1. The first kappa shape index (κ1) is 18.7. The van der Waals surface area contributed by atoms with Crippen molar-refractivity contribution in [2.75, 3.05) is 0 Å². The van der Waals surface area contributed by atoms with E-state index in [1.807, 2.05) is 32.0 Å². The minimum Gasteiger partial charge on any atom is -0.478 e. The zero-order valence-corrected chi connectivity index (χ0v) is 15.9. The van der Waals surface area contributed by atoms with E-state index in [1.165, 1.54) is 44.1 Å². The molecule has 1 aromatic carbocycles. The molecular formula is C22H30N2O2. The van der Waals surface area contributed by atoms with Crippen LogP contribution in [-0.4, -0.2) is 21.7 Å². The Morgan fingerprint density at radius 2 is 1.73 bits per heavy atom. The Kier molecular flexibility index (Phi) is 6.15. The van der Waals surface area contributed by atoms with E-state index < -0.39 is 5.97 Å². The van der Waals surface area contributed by atoms with Gasteiger partial charge in [-0.25, -0.2) is 4.79 Å². The smallest absolute Gasteiger partial charge is 0.337 e. The average Bonchev–Trinajstić information content (AvgIpc) is 2.81. The van der Waals surface area contributed by atoms with Crippen LogP contribution in [0.1, 0.15) is 71.4 Å². The molecule has 1 saturated carbocycles. The van der Waals surface area contributed by atoms with Crippen LogP contribution in [0.15, 0.2) is 30.3 Å². The van der Waals surface area contributed by atoms with E-state index in [4.69, 9.17) is 0 Å². The van der Waals surface area contributed by atoms with Crippen LogP contribution in [0.5, 0.6) is 0 Å². The SMILES string of the molecule is Cc1c(CNC2CCCCCC2)c(C(=O)O)c(C)n1Cc1ccccc1. The fourth-order valence-corrected chi connectivity index (χ4v) is 4.18. The summed E-state index contributed by atoms with van der Waals surface area (Å²) < 4.78 is 2.14. The first-order chi connectivity index (χ1) is 12.6. The number of aromatic nitrogens is 1. The minimum atomic E-state index is -0.824. The van der Waals surface area contributed by atoms with Gasteiger partial charge in [-0.3, -0.25) is 0 Å². The zero-order chi connectivity index (χ0) is 18.5. The second-order valence-corrected chi connectivity index (χ2v) is 7.47. The number of carboxylic acids is 1. The zero-order valence-electron chi connectivity index (χ0n) is 15.9. The third-order valence-electron chi connectivity index (χ3n) is 5.73. The summed E-state index contributed by atoms with van der Waals surface area (Å²) in [5, 5.41) is 13.4. The Bertz CT molecular complexity index is 741. The molecule has 1 aliphatic rings. The second-order valence-electron chi connectivity index (χ2n) is 7.47. The minimum absolute atomic E-state index is 0.472. The number of nitrogens with zero attached hydrogens (tertiary/aromatic N) is 1. The number of benzene rings is 1. The summed E-state index contributed by atoms with van der Waals surface area (Å²) >= 11 is 0. The molecule has 0 unspecified atom stereocenters. The van der Waals surface area contributed by atoms with Gasteiger partial charge in [0.1, 0.15) is 0 Å². The highest BCUT2D eigenvalue weighted by Crippen LogP contribution is 2.25. The highest BCUT2D eigenvalue weighted by molar-refractivity contribution is 5.91.